The molecule has 7 heteroatoms. The van der Waals surface area contributed by atoms with Gasteiger partial charge in [-0.25, -0.2) is 4.79 Å². The average molecular weight is 330 g/mol. The second kappa shape index (κ2) is 6.14. The van der Waals surface area contributed by atoms with Crippen LogP contribution < -0.4 is 0 Å². The van der Waals surface area contributed by atoms with E-state index in [-0.39, 0.29) is 24.8 Å². The van der Waals surface area contributed by atoms with Crippen molar-refractivity contribution in [3.8, 4) is 0 Å². The maximum absolute atomic E-state index is 11.7. The van der Waals surface area contributed by atoms with Crippen molar-refractivity contribution in [2.45, 2.75) is 50.1 Å². The Morgan fingerprint density at radius 1 is 1.35 bits per heavy atom. The van der Waals surface area contributed by atoms with Gasteiger partial charge >= 0.3 is 5.97 Å². The van der Waals surface area contributed by atoms with E-state index in [1.165, 1.54) is 7.11 Å². The highest BCUT2D eigenvalue weighted by molar-refractivity contribution is 5.88. The third-order valence-corrected chi connectivity index (χ3v) is 5.80. The molecule has 0 amide bonds. The van der Waals surface area contributed by atoms with E-state index in [0.717, 1.165) is 0 Å². The number of esters is 1. The van der Waals surface area contributed by atoms with E-state index in [4.69, 9.17) is 0 Å². The summed E-state index contributed by atoms with van der Waals surface area (Å²) in [5.74, 6) is -2.68. The number of fused-ring (bicyclic) bond motifs is 1. The Bertz CT molecular complexity index is 493. The molecule has 132 valence electrons. The van der Waals surface area contributed by atoms with Crippen molar-refractivity contribution in [2.75, 3.05) is 13.7 Å². The lowest BCUT2D eigenvalue weighted by molar-refractivity contribution is -0.246. The van der Waals surface area contributed by atoms with Crippen LogP contribution >= 0.6 is 0 Å². The van der Waals surface area contributed by atoms with Gasteiger partial charge in [-0.1, -0.05) is 13.5 Å². The zero-order valence-electron chi connectivity index (χ0n) is 13.5. The van der Waals surface area contributed by atoms with Crippen LogP contribution in [0.4, 0.5) is 0 Å². The highest BCUT2D eigenvalue weighted by atomic mass is 16.5. The van der Waals surface area contributed by atoms with Gasteiger partial charge in [-0.05, 0) is 19.3 Å². The van der Waals surface area contributed by atoms with Crippen LogP contribution in [0.25, 0.3) is 0 Å². The number of ether oxygens (including phenoxy) is 1. The molecule has 2 rings (SSSR count). The molecule has 0 aromatic carbocycles. The van der Waals surface area contributed by atoms with E-state index >= 15 is 0 Å². The molecular formula is C16H26O7. The number of carbonyl (C=O) groups excluding carboxylic acids is 1. The van der Waals surface area contributed by atoms with Crippen LogP contribution in [-0.2, 0) is 9.53 Å². The average Bonchev–Trinajstić information content (AvgIpc) is 2.49. The first-order chi connectivity index (χ1) is 10.6. The van der Waals surface area contributed by atoms with Gasteiger partial charge in [0.25, 0.3) is 0 Å². The van der Waals surface area contributed by atoms with Gasteiger partial charge in [0.1, 0.15) is 0 Å². The predicted octanol–water partition coefficient (Wildman–Crippen LogP) is -1.04. The third kappa shape index (κ3) is 2.70. The standard InChI is InChI=1S/C16H26O7/c1-8(14(21)23-3)11-9(18)6-15(2)10(19)4-5-16(22,7-17)13(15)12(11)20/h9-13,17-20,22H,1,4-7H2,2-3H3/t9-,10+,11-,12-,13-,15+,16-/m1/s1. The van der Waals surface area contributed by atoms with Gasteiger partial charge in [0.2, 0.25) is 0 Å². The van der Waals surface area contributed by atoms with Crippen LogP contribution in [0.1, 0.15) is 26.2 Å². The lowest BCUT2D eigenvalue weighted by Crippen LogP contribution is -2.67. The van der Waals surface area contributed by atoms with Crippen molar-refractivity contribution in [2.24, 2.45) is 17.3 Å². The Kier molecular flexibility index (Phi) is 4.90. The molecule has 0 aromatic rings. The number of methoxy groups -OCH3 is 1. The van der Waals surface area contributed by atoms with Crippen LogP contribution in [0.5, 0.6) is 0 Å². The van der Waals surface area contributed by atoms with Gasteiger partial charge in [0, 0.05) is 22.8 Å². The quantitative estimate of drug-likeness (QED) is 0.330. The maximum Gasteiger partial charge on any atom is 0.333 e. The molecule has 0 radical (unpaired) electrons. The predicted molar refractivity (Wildman–Crippen MR) is 80.2 cm³/mol. The Hall–Kier alpha value is -0.990. The number of hydrogen-bond donors (Lipinski definition) is 5. The fourth-order valence-electron chi connectivity index (χ4n) is 4.56. The summed E-state index contributed by atoms with van der Waals surface area (Å²) >= 11 is 0. The lowest BCUT2D eigenvalue weighted by Gasteiger charge is -2.59. The summed E-state index contributed by atoms with van der Waals surface area (Å²) in [5, 5.41) is 52.0. The van der Waals surface area contributed by atoms with E-state index in [9.17, 15) is 30.3 Å². The molecule has 5 N–H and O–H groups in total. The first kappa shape index (κ1) is 18.4. The van der Waals surface area contributed by atoms with Gasteiger partial charge < -0.3 is 30.3 Å². The summed E-state index contributed by atoms with van der Waals surface area (Å²) in [5.41, 5.74) is -2.67. The van der Waals surface area contributed by atoms with E-state index in [1.807, 2.05) is 0 Å². The number of rotatable bonds is 3. The summed E-state index contributed by atoms with van der Waals surface area (Å²) in [7, 11) is 1.17. The zero-order chi connectivity index (χ0) is 17.6. The molecule has 2 aliphatic rings. The Morgan fingerprint density at radius 3 is 2.48 bits per heavy atom. The third-order valence-electron chi connectivity index (χ3n) is 5.80. The second-order valence-electron chi connectivity index (χ2n) is 7.10. The lowest BCUT2D eigenvalue weighted by atomic mass is 9.50. The molecule has 2 fully saturated rings. The minimum Gasteiger partial charge on any atom is -0.466 e. The number of hydrogen-bond acceptors (Lipinski definition) is 7. The number of aliphatic hydroxyl groups excluding tert-OH is 4. The van der Waals surface area contributed by atoms with Crippen molar-refractivity contribution in [1.29, 1.82) is 0 Å². The molecule has 0 saturated heterocycles. The maximum atomic E-state index is 11.7. The van der Waals surface area contributed by atoms with Crippen molar-refractivity contribution < 1.29 is 35.1 Å². The highest BCUT2D eigenvalue weighted by Gasteiger charge is 2.63. The zero-order valence-corrected chi connectivity index (χ0v) is 13.5. The summed E-state index contributed by atoms with van der Waals surface area (Å²) in [6.07, 6.45) is -2.85. The minimum absolute atomic E-state index is 0.0683. The fourth-order valence-corrected chi connectivity index (χ4v) is 4.56. The summed E-state index contributed by atoms with van der Waals surface area (Å²) in [6, 6.07) is 0. The molecular weight excluding hydrogens is 304 g/mol. The second-order valence-corrected chi connectivity index (χ2v) is 7.10. The fraction of sp³-hybridized carbons (Fsp3) is 0.812. The summed E-state index contributed by atoms with van der Waals surface area (Å²) < 4.78 is 4.60. The van der Waals surface area contributed by atoms with Crippen LogP contribution in [0.2, 0.25) is 0 Å². The number of aliphatic hydroxyl groups is 5. The van der Waals surface area contributed by atoms with Crippen molar-refractivity contribution in [3.05, 3.63) is 12.2 Å². The highest BCUT2D eigenvalue weighted by Crippen LogP contribution is 2.56. The van der Waals surface area contributed by atoms with Gasteiger partial charge in [-0.15, -0.1) is 0 Å². The molecule has 2 aliphatic carbocycles. The van der Waals surface area contributed by atoms with E-state index < -0.39 is 53.7 Å². The minimum atomic E-state index is -1.60. The van der Waals surface area contributed by atoms with Crippen molar-refractivity contribution >= 4 is 5.97 Å². The molecule has 0 aromatic heterocycles. The largest absolute Gasteiger partial charge is 0.466 e. The van der Waals surface area contributed by atoms with Gasteiger partial charge in [0.05, 0.1) is 37.6 Å². The monoisotopic (exact) mass is 330 g/mol. The molecule has 0 heterocycles. The van der Waals surface area contributed by atoms with Crippen LogP contribution in [0.15, 0.2) is 12.2 Å². The smallest absolute Gasteiger partial charge is 0.333 e. The van der Waals surface area contributed by atoms with Crippen LogP contribution in [0.3, 0.4) is 0 Å². The first-order valence-corrected chi connectivity index (χ1v) is 7.77. The SMILES string of the molecule is C=C(C(=O)OC)[C@H]1[C@@H](O)[C@H]2[C@](O)(CO)CC[C@H](O)[C@]2(C)C[C@H]1O. The van der Waals surface area contributed by atoms with E-state index in [1.54, 1.807) is 6.92 Å². The Morgan fingerprint density at radius 2 is 1.96 bits per heavy atom. The molecule has 23 heavy (non-hydrogen) atoms. The Balaban J connectivity index is 2.44. The molecule has 0 bridgehead atoms. The van der Waals surface area contributed by atoms with Crippen molar-refractivity contribution in [1.82, 2.24) is 0 Å². The van der Waals surface area contributed by atoms with Gasteiger partial charge in [-0.2, -0.15) is 0 Å². The molecule has 7 atom stereocenters. The van der Waals surface area contributed by atoms with Crippen molar-refractivity contribution in [3.63, 3.8) is 0 Å². The van der Waals surface area contributed by atoms with Gasteiger partial charge in [0.15, 0.2) is 0 Å². The topological polar surface area (TPSA) is 127 Å². The van der Waals surface area contributed by atoms with Crippen LogP contribution in [-0.4, -0.2) is 69.1 Å². The molecule has 2 saturated carbocycles. The molecule has 0 aliphatic heterocycles. The van der Waals surface area contributed by atoms with Crippen LogP contribution in [0, 0.1) is 17.3 Å². The molecule has 0 spiro atoms. The summed E-state index contributed by atoms with van der Waals surface area (Å²) in [6.45, 7) is 4.70. The normalized spacial score (nSPS) is 46.8. The summed E-state index contributed by atoms with van der Waals surface area (Å²) in [4.78, 5) is 11.7. The number of carbonyl (C=O) groups is 1. The Labute approximate surface area is 135 Å². The van der Waals surface area contributed by atoms with E-state index in [0.29, 0.717) is 0 Å². The first-order valence-electron chi connectivity index (χ1n) is 7.77. The molecule has 7 nitrogen and oxygen atoms in total. The molecule has 0 unspecified atom stereocenters. The van der Waals surface area contributed by atoms with Gasteiger partial charge in [-0.3, -0.25) is 0 Å². The van der Waals surface area contributed by atoms with E-state index in [2.05, 4.69) is 11.3 Å².